The second-order valence-corrected chi connectivity index (χ2v) is 6.23. The fraction of sp³-hybridized carbons (Fsp3) is 0.250. The topological polar surface area (TPSA) is 73.0 Å². The Morgan fingerprint density at radius 2 is 1.96 bits per heavy atom. The number of benzene rings is 1. The molecule has 1 saturated carbocycles. The van der Waals surface area contributed by atoms with E-state index in [0.29, 0.717) is 11.7 Å². The van der Waals surface area contributed by atoms with Gasteiger partial charge in [0.15, 0.2) is 11.6 Å². The molecule has 0 amide bonds. The summed E-state index contributed by atoms with van der Waals surface area (Å²) in [4.78, 5) is 8.81. The maximum atomic E-state index is 13.8. The van der Waals surface area contributed by atoms with Crippen molar-refractivity contribution in [3.8, 4) is 23.4 Å². The van der Waals surface area contributed by atoms with Crippen LogP contribution in [0.2, 0.25) is 0 Å². The minimum atomic E-state index is -0.562. The van der Waals surface area contributed by atoms with Gasteiger partial charge in [-0.1, -0.05) is 0 Å². The van der Waals surface area contributed by atoms with E-state index >= 15 is 0 Å². The summed E-state index contributed by atoms with van der Waals surface area (Å²) in [6.07, 6.45) is 7.69. The van der Waals surface area contributed by atoms with E-state index in [9.17, 15) is 4.39 Å². The maximum Gasteiger partial charge on any atom is 0.166 e. The van der Waals surface area contributed by atoms with Gasteiger partial charge in [-0.3, -0.25) is 4.57 Å². The van der Waals surface area contributed by atoms with Gasteiger partial charge in [-0.2, -0.15) is 5.26 Å². The SMILES string of the molecule is N#Cc1ccc(OCCOc2ccnc(-n3ccnc3C3CC3)c2)c(F)c1. The number of halogens is 1. The van der Waals surface area contributed by atoms with E-state index in [1.54, 1.807) is 18.5 Å². The molecule has 2 heterocycles. The smallest absolute Gasteiger partial charge is 0.166 e. The third kappa shape index (κ3) is 3.90. The second-order valence-electron chi connectivity index (χ2n) is 6.23. The van der Waals surface area contributed by atoms with Crippen molar-refractivity contribution in [3.05, 3.63) is 66.1 Å². The first-order chi connectivity index (χ1) is 13.2. The standard InChI is InChI=1S/C20H17FN4O2/c21-17-11-14(13-22)1-4-18(17)27-10-9-26-16-5-6-23-19(12-16)25-8-7-24-20(25)15-2-3-15/h1,4-8,11-12,15H,2-3,9-10H2. The number of nitrogens with zero attached hydrogens (tertiary/aromatic N) is 4. The van der Waals surface area contributed by atoms with E-state index in [2.05, 4.69) is 9.97 Å². The molecule has 1 fully saturated rings. The first kappa shape index (κ1) is 17.0. The number of rotatable bonds is 7. The van der Waals surface area contributed by atoms with Crippen LogP contribution in [0.25, 0.3) is 5.82 Å². The monoisotopic (exact) mass is 364 g/mol. The molecular weight excluding hydrogens is 347 g/mol. The summed E-state index contributed by atoms with van der Waals surface area (Å²) in [5.41, 5.74) is 0.255. The third-order valence-corrected chi connectivity index (χ3v) is 4.25. The summed E-state index contributed by atoms with van der Waals surface area (Å²) in [5, 5.41) is 8.75. The van der Waals surface area contributed by atoms with Gasteiger partial charge < -0.3 is 9.47 Å². The molecule has 0 N–H and O–H groups in total. The molecule has 1 aromatic carbocycles. The van der Waals surface area contributed by atoms with Gasteiger partial charge in [0, 0.05) is 30.6 Å². The molecular formula is C20H17FN4O2. The second kappa shape index (κ2) is 7.46. The van der Waals surface area contributed by atoms with Crippen molar-refractivity contribution in [2.24, 2.45) is 0 Å². The van der Waals surface area contributed by atoms with Gasteiger partial charge in [-0.05, 0) is 37.1 Å². The molecule has 1 aliphatic rings. The lowest BCUT2D eigenvalue weighted by Crippen LogP contribution is -2.10. The molecule has 0 atom stereocenters. The van der Waals surface area contributed by atoms with Crippen LogP contribution in [0.15, 0.2) is 48.9 Å². The van der Waals surface area contributed by atoms with Crippen molar-refractivity contribution in [2.45, 2.75) is 18.8 Å². The minimum Gasteiger partial charge on any atom is -0.490 e. The first-order valence-electron chi connectivity index (χ1n) is 8.69. The van der Waals surface area contributed by atoms with Crippen LogP contribution in [0.1, 0.15) is 30.1 Å². The Morgan fingerprint density at radius 1 is 1.11 bits per heavy atom. The van der Waals surface area contributed by atoms with Gasteiger partial charge in [0.05, 0.1) is 11.6 Å². The zero-order chi connectivity index (χ0) is 18.6. The molecule has 3 aromatic rings. The first-order valence-corrected chi connectivity index (χ1v) is 8.69. The zero-order valence-corrected chi connectivity index (χ0v) is 14.5. The zero-order valence-electron chi connectivity index (χ0n) is 14.5. The predicted octanol–water partition coefficient (Wildman–Crippen LogP) is 3.61. The summed E-state index contributed by atoms with van der Waals surface area (Å²) < 4.78 is 26.8. The van der Waals surface area contributed by atoms with E-state index in [4.69, 9.17) is 14.7 Å². The predicted molar refractivity (Wildman–Crippen MR) is 95.4 cm³/mol. The fourth-order valence-corrected chi connectivity index (χ4v) is 2.77. The van der Waals surface area contributed by atoms with Crippen LogP contribution in [-0.2, 0) is 0 Å². The van der Waals surface area contributed by atoms with Gasteiger partial charge in [0.2, 0.25) is 0 Å². The largest absolute Gasteiger partial charge is 0.490 e. The molecule has 4 rings (SSSR count). The van der Waals surface area contributed by atoms with Crippen LogP contribution in [0.4, 0.5) is 4.39 Å². The summed E-state index contributed by atoms with van der Waals surface area (Å²) in [7, 11) is 0. The molecule has 7 heteroatoms. The molecule has 1 aliphatic carbocycles. The Labute approximate surface area is 155 Å². The Hall–Kier alpha value is -3.40. The van der Waals surface area contributed by atoms with E-state index in [1.165, 1.54) is 12.1 Å². The molecule has 0 unspecified atom stereocenters. The molecule has 0 aliphatic heterocycles. The molecule has 6 nitrogen and oxygen atoms in total. The number of ether oxygens (including phenoxy) is 2. The lowest BCUT2D eigenvalue weighted by Gasteiger charge is -2.11. The summed E-state index contributed by atoms with van der Waals surface area (Å²) >= 11 is 0. The maximum absolute atomic E-state index is 13.8. The lowest BCUT2D eigenvalue weighted by atomic mass is 10.2. The van der Waals surface area contributed by atoms with E-state index < -0.39 is 5.82 Å². The van der Waals surface area contributed by atoms with Crippen LogP contribution in [0, 0.1) is 17.1 Å². The van der Waals surface area contributed by atoms with Crippen molar-refractivity contribution in [2.75, 3.05) is 13.2 Å². The average Bonchev–Trinajstić information content (AvgIpc) is 3.42. The fourth-order valence-electron chi connectivity index (χ4n) is 2.77. The molecule has 0 spiro atoms. The van der Waals surface area contributed by atoms with Crippen molar-refractivity contribution < 1.29 is 13.9 Å². The summed E-state index contributed by atoms with van der Waals surface area (Å²) in [6.45, 7) is 0.432. The van der Waals surface area contributed by atoms with Gasteiger partial charge >= 0.3 is 0 Å². The van der Waals surface area contributed by atoms with Crippen LogP contribution >= 0.6 is 0 Å². The van der Waals surface area contributed by atoms with Gasteiger partial charge in [0.25, 0.3) is 0 Å². The highest BCUT2D eigenvalue weighted by Crippen LogP contribution is 2.39. The number of nitriles is 1. The van der Waals surface area contributed by atoms with Crippen molar-refractivity contribution in [1.82, 2.24) is 14.5 Å². The van der Waals surface area contributed by atoms with E-state index in [-0.39, 0.29) is 24.5 Å². The Kier molecular flexibility index (Phi) is 4.71. The van der Waals surface area contributed by atoms with Gasteiger partial charge in [-0.15, -0.1) is 0 Å². The average molecular weight is 364 g/mol. The van der Waals surface area contributed by atoms with Gasteiger partial charge in [-0.25, -0.2) is 14.4 Å². The highest BCUT2D eigenvalue weighted by atomic mass is 19.1. The number of imidazole rings is 1. The molecule has 0 bridgehead atoms. The number of pyridine rings is 1. The summed E-state index contributed by atoms with van der Waals surface area (Å²) in [6, 6.07) is 9.59. The number of hydrogen-bond donors (Lipinski definition) is 0. The van der Waals surface area contributed by atoms with Crippen LogP contribution in [0.5, 0.6) is 11.5 Å². The molecule has 2 aromatic heterocycles. The molecule has 136 valence electrons. The Morgan fingerprint density at radius 3 is 2.74 bits per heavy atom. The quantitative estimate of drug-likeness (QED) is 0.599. The highest BCUT2D eigenvalue weighted by Gasteiger charge is 2.28. The molecule has 27 heavy (non-hydrogen) atoms. The van der Waals surface area contributed by atoms with Crippen LogP contribution < -0.4 is 9.47 Å². The lowest BCUT2D eigenvalue weighted by molar-refractivity contribution is 0.211. The normalized spacial score (nSPS) is 13.2. The number of aromatic nitrogens is 3. The molecule has 0 radical (unpaired) electrons. The van der Waals surface area contributed by atoms with Gasteiger partial charge in [0.1, 0.15) is 30.6 Å². The highest BCUT2D eigenvalue weighted by molar-refractivity contribution is 5.36. The van der Waals surface area contributed by atoms with Crippen molar-refractivity contribution in [1.29, 1.82) is 5.26 Å². The Bertz CT molecular complexity index is 992. The minimum absolute atomic E-state index is 0.0977. The van der Waals surface area contributed by atoms with E-state index in [0.717, 1.165) is 30.6 Å². The number of hydrogen-bond acceptors (Lipinski definition) is 5. The van der Waals surface area contributed by atoms with Crippen LogP contribution in [0.3, 0.4) is 0 Å². The summed E-state index contributed by atoms with van der Waals surface area (Å²) in [5.74, 6) is 2.49. The Balaban J connectivity index is 1.35. The third-order valence-electron chi connectivity index (χ3n) is 4.25. The van der Waals surface area contributed by atoms with Crippen LogP contribution in [-0.4, -0.2) is 27.7 Å². The van der Waals surface area contributed by atoms with E-state index in [1.807, 2.05) is 22.9 Å². The van der Waals surface area contributed by atoms with Crippen molar-refractivity contribution in [3.63, 3.8) is 0 Å². The molecule has 0 saturated heterocycles. The van der Waals surface area contributed by atoms with Crippen molar-refractivity contribution >= 4 is 0 Å².